The number of carbonyl (C=O) groups is 1. The van der Waals surface area contributed by atoms with Gasteiger partial charge in [0.05, 0.1) is 11.1 Å². The number of para-hydroxylation sites is 1. The van der Waals surface area contributed by atoms with Crippen LogP contribution >= 0.6 is 0 Å². The van der Waals surface area contributed by atoms with Crippen LogP contribution in [-0.4, -0.2) is 24.1 Å². The fraction of sp³-hybridized carbons (Fsp3) is 0.158. The number of sulfonamides is 1. The number of hydrogen-bond donors (Lipinski definition) is 2. The lowest BCUT2D eigenvalue weighted by molar-refractivity contribution is 0.102. The minimum Gasteiger partial charge on any atom is -0.307 e. The van der Waals surface area contributed by atoms with Crippen LogP contribution in [0.25, 0.3) is 0 Å². The molecule has 7 nitrogen and oxygen atoms in total. The third-order valence-electron chi connectivity index (χ3n) is 3.85. The van der Waals surface area contributed by atoms with Crippen molar-refractivity contribution in [1.82, 2.24) is 9.78 Å². The quantitative estimate of drug-likeness (QED) is 0.680. The fourth-order valence-corrected chi connectivity index (χ4v) is 3.58. The zero-order valence-electron chi connectivity index (χ0n) is 15.0. The second-order valence-corrected chi connectivity index (χ2v) is 7.89. The van der Waals surface area contributed by atoms with Crippen molar-refractivity contribution in [3.63, 3.8) is 0 Å². The molecule has 0 spiro atoms. The standard InChI is InChI=1S/C19H20N4O3S/c1-14(2)23-18(12-13-20-23)21-19(24)15-8-10-17(11-9-15)27(25,26)22-16-6-4-3-5-7-16/h3-14,22H,1-2H3,(H,21,24). The summed E-state index contributed by atoms with van der Waals surface area (Å²) in [6.45, 7) is 3.92. The summed E-state index contributed by atoms with van der Waals surface area (Å²) < 4.78 is 29.1. The van der Waals surface area contributed by atoms with Gasteiger partial charge in [0.25, 0.3) is 15.9 Å². The molecule has 0 aliphatic rings. The minimum absolute atomic E-state index is 0.0788. The molecule has 27 heavy (non-hydrogen) atoms. The van der Waals surface area contributed by atoms with Gasteiger partial charge in [-0.3, -0.25) is 9.52 Å². The van der Waals surface area contributed by atoms with Gasteiger partial charge in [-0.2, -0.15) is 5.10 Å². The Kier molecular flexibility index (Phi) is 5.27. The maximum absolute atomic E-state index is 12.4. The van der Waals surface area contributed by atoms with Gasteiger partial charge in [0, 0.05) is 23.4 Å². The Labute approximate surface area is 158 Å². The van der Waals surface area contributed by atoms with E-state index in [2.05, 4.69) is 15.1 Å². The first-order valence-corrected chi connectivity index (χ1v) is 9.88. The van der Waals surface area contributed by atoms with E-state index in [1.807, 2.05) is 13.8 Å². The summed E-state index contributed by atoms with van der Waals surface area (Å²) in [5.74, 6) is 0.245. The van der Waals surface area contributed by atoms with Gasteiger partial charge in [-0.1, -0.05) is 18.2 Å². The summed E-state index contributed by atoms with van der Waals surface area (Å²) in [6.07, 6.45) is 1.61. The molecule has 3 rings (SSSR count). The number of benzene rings is 2. The molecule has 0 atom stereocenters. The molecule has 8 heteroatoms. The van der Waals surface area contributed by atoms with Crippen LogP contribution in [0.3, 0.4) is 0 Å². The second-order valence-electron chi connectivity index (χ2n) is 6.20. The van der Waals surface area contributed by atoms with Gasteiger partial charge in [0.2, 0.25) is 0 Å². The van der Waals surface area contributed by atoms with Crippen LogP contribution in [0.1, 0.15) is 30.2 Å². The zero-order valence-corrected chi connectivity index (χ0v) is 15.8. The maximum atomic E-state index is 12.4. The largest absolute Gasteiger partial charge is 0.307 e. The van der Waals surface area contributed by atoms with Crippen LogP contribution in [0.15, 0.2) is 71.8 Å². The number of anilines is 2. The molecule has 3 aromatic rings. The predicted molar refractivity (Wildman–Crippen MR) is 104 cm³/mol. The van der Waals surface area contributed by atoms with E-state index in [1.165, 1.54) is 24.3 Å². The normalized spacial score (nSPS) is 11.4. The molecule has 1 amide bonds. The predicted octanol–water partition coefficient (Wildman–Crippen LogP) is 3.52. The number of nitrogens with zero attached hydrogens (tertiary/aromatic N) is 2. The van der Waals surface area contributed by atoms with Crippen molar-refractivity contribution in [3.8, 4) is 0 Å². The molecular formula is C19H20N4O3S. The van der Waals surface area contributed by atoms with Gasteiger partial charge in [0.15, 0.2) is 0 Å². The highest BCUT2D eigenvalue weighted by Crippen LogP contribution is 2.18. The van der Waals surface area contributed by atoms with Gasteiger partial charge in [-0.05, 0) is 50.2 Å². The Balaban J connectivity index is 1.74. The van der Waals surface area contributed by atoms with Crippen LogP contribution in [0.2, 0.25) is 0 Å². The summed E-state index contributed by atoms with van der Waals surface area (Å²) in [4.78, 5) is 12.5. The lowest BCUT2D eigenvalue weighted by atomic mass is 10.2. The van der Waals surface area contributed by atoms with E-state index in [9.17, 15) is 13.2 Å². The van der Waals surface area contributed by atoms with Gasteiger partial charge in [-0.25, -0.2) is 13.1 Å². The monoisotopic (exact) mass is 384 g/mol. The van der Waals surface area contributed by atoms with E-state index in [-0.39, 0.29) is 16.8 Å². The fourth-order valence-electron chi connectivity index (χ4n) is 2.52. The highest BCUT2D eigenvalue weighted by atomic mass is 32.2. The highest BCUT2D eigenvalue weighted by molar-refractivity contribution is 7.92. The Morgan fingerprint density at radius 2 is 1.67 bits per heavy atom. The third kappa shape index (κ3) is 4.35. The van der Waals surface area contributed by atoms with Gasteiger partial charge in [0.1, 0.15) is 5.82 Å². The molecule has 0 radical (unpaired) electrons. The van der Waals surface area contributed by atoms with Crippen molar-refractivity contribution in [1.29, 1.82) is 0 Å². The SMILES string of the molecule is CC(C)n1nccc1NC(=O)c1ccc(S(=O)(=O)Nc2ccccc2)cc1. The molecule has 0 unspecified atom stereocenters. The first-order valence-electron chi connectivity index (χ1n) is 8.39. The molecule has 0 saturated carbocycles. The molecule has 0 saturated heterocycles. The van der Waals surface area contributed by atoms with Crippen molar-refractivity contribution < 1.29 is 13.2 Å². The average molecular weight is 384 g/mol. The second kappa shape index (κ2) is 7.63. The molecule has 0 aliphatic heterocycles. The van der Waals surface area contributed by atoms with Crippen LogP contribution in [0.4, 0.5) is 11.5 Å². The number of hydrogen-bond acceptors (Lipinski definition) is 4. The van der Waals surface area contributed by atoms with E-state index in [4.69, 9.17) is 0 Å². The van der Waals surface area contributed by atoms with E-state index >= 15 is 0 Å². The third-order valence-corrected chi connectivity index (χ3v) is 5.25. The van der Waals surface area contributed by atoms with E-state index < -0.39 is 10.0 Å². The molecular weight excluding hydrogens is 364 g/mol. The molecule has 0 bridgehead atoms. The van der Waals surface area contributed by atoms with Gasteiger partial charge in [-0.15, -0.1) is 0 Å². The number of rotatable bonds is 6. The van der Waals surface area contributed by atoms with Crippen LogP contribution in [0, 0.1) is 0 Å². The van der Waals surface area contributed by atoms with Crippen LogP contribution in [-0.2, 0) is 10.0 Å². The van der Waals surface area contributed by atoms with Crippen molar-refractivity contribution in [2.75, 3.05) is 10.0 Å². The summed E-state index contributed by atoms with van der Waals surface area (Å²) in [6, 6.07) is 16.2. The first kappa shape index (κ1) is 18.7. The van der Waals surface area contributed by atoms with Gasteiger partial charge >= 0.3 is 0 Å². The highest BCUT2D eigenvalue weighted by Gasteiger charge is 2.16. The topological polar surface area (TPSA) is 93.1 Å². The first-order chi connectivity index (χ1) is 12.9. The lowest BCUT2D eigenvalue weighted by Gasteiger charge is -2.12. The summed E-state index contributed by atoms with van der Waals surface area (Å²) in [5.41, 5.74) is 0.825. The van der Waals surface area contributed by atoms with E-state index in [0.29, 0.717) is 17.1 Å². The number of carbonyl (C=O) groups excluding carboxylic acids is 1. The number of nitrogens with one attached hydrogen (secondary N) is 2. The molecule has 1 aromatic heterocycles. The Bertz CT molecular complexity index is 1030. The molecule has 1 heterocycles. The summed E-state index contributed by atoms with van der Waals surface area (Å²) in [5, 5.41) is 6.95. The van der Waals surface area contributed by atoms with Gasteiger partial charge < -0.3 is 5.32 Å². The maximum Gasteiger partial charge on any atom is 0.261 e. The van der Waals surface area contributed by atoms with Crippen molar-refractivity contribution in [2.45, 2.75) is 24.8 Å². The van der Waals surface area contributed by atoms with Crippen molar-refractivity contribution >= 4 is 27.4 Å². The van der Waals surface area contributed by atoms with E-state index in [0.717, 1.165) is 0 Å². The molecule has 140 valence electrons. The Hall–Kier alpha value is -3.13. The summed E-state index contributed by atoms with van der Waals surface area (Å²) in [7, 11) is -3.72. The van der Waals surface area contributed by atoms with Crippen molar-refractivity contribution in [2.24, 2.45) is 0 Å². The summed E-state index contributed by atoms with van der Waals surface area (Å²) >= 11 is 0. The molecule has 2 N–H and O–H groups in total. The van der Waals surface area contributed by atoms with Crippen LogP contribution < -0.4 is 10.0 Å². The Morgan fingerprint density at radius 3 is 2.30 bits per heavy atom. The molecule has 0 fully saturated rings. The zero-order chi connectivity index (χ0) is 19.4. The van der Waals surface area contributed by atoms with Crippen LogP contribution in [0.5, 0.6) is 0 Å². The molecule has 0 aliphatic carbocycles. The lowest BCUT2D eigenvalue weighted by Crippen LogP contribution is -2.17. The Morgan fingerprint density at radius 1 is 1.00 bits per heavy atom. The average Bonchev–Trinajstić information content (AvgIpc) is 3.11. The molecule has 2 aromatic carbocycles. The van der Waals surface area contributed by atoms with E-state index in [1.54, 1.807) is 47.3 Å². The number of amides is 1. The minimum atomic E-state index is -3.72. The smallest absolute Gasteiger partial charge is 0.261 e. The van der Waals surface area contributed by atoms with Crippen molar-refractivity contribution in [3.05, 3.63) is 72.4 Å². The number of aromatic nitrogens is 2.